The molecule has 1 aromatic rings. The number of quaternary nitrogens is 1. The molecule has 1 aromatic carbocycles. The molecule has 0 atom stereocenters. The van der Waals surface area contributed by atoms with Crippen molar-refractivity contribution in [3.8, 4) is 0 Å². The van der Waals surface area contributed by atoms with E-state index in [2.05, 4.69) is 10.6 Å². The number of carbonyl (C=O) groups is 2. The average Bonchev–Trinajstić information content (AvgIpc) is 2.52. The zero-order valence-corrected chi connectivity index (χ0v) is 13.3. The van der Waals surface area contributed by atoms with Gasteiger partial charge in [-0.15, -0.1) is 0 Å². The van der Waals surface area contributed by atoms with Gasteiger partial charge in [-0.2, -0.15) is 0 Å². The van der Waals surface area contributed by atoms with Crippen molar-refractivity contribution in [3.63, 3.8) is 0 Å². The van der Waals surface area contributed by atoms with Gasteiger partial charge >= 0.3 is 11.8 Å². The van der Waals surface area contributed by atoms with Crippen molar-refractivity contribution in [2.75, 3.05) is 44.7 Å². The highest BCUT2D eigenvalue weighted by molar-refractivity contribution is 6.39. The third-order valence-electron chi connectivity index (χ3n) is 3.60. The van der Waals surface area contributed by atoms with Crippen LogP contribution in [0.2, 0.25) is 5.02 Å². The van der Waals surface area contributed by atoms with E-state index in [1.165, 1.54) is 4.90 Å². The Kier molecular flexibility index (Phi) is 6.18. The molecule has 2 amide bonds. The van der Waals surface area contributed by atoms with Gasteiger partial charge in [-0.3, -0.25) is 9.59 Å². The van der Waals surface area contributed by atoms with Crippen molar-refractivity contribution in [1.82, 2.24) is 5.32 Å². The van der Waals surface area contributed by atoms with Gasteiger partial charge in [0.1, 0.15) is 13.1 Å². The number of hydrogen-bond donors (Lipinski definition) is 3. The lowest BCUT2D eigenvalue weighted by molar-refractivity contribution is -0.906. The molecule has 1 aliphatic heterocycles. The molecular weight excluding hydrogens is 306 g/mol. The number of rotatable bonds is 4. The molecule has 7 heteroatoms. The molecule has 2 rings (SSSR count). The number of amides is 2. The molecular formula is C15H21ClN3O3+. The van der Waals surface area contributed by atoms with Crippen LogP contribution in [-0.2, 0) is 14.3 Å². The minimum atomic E-state index is -0.683. The summed E-state index contributed by atoms with van der Waals surface area (Å²) in [4.78, 5) is 24.9. The fraction of sp³-hybridized carbons (Fsp3) is 0.467. The number of anilines is 1. The Labute approximate surface area is 134 Å². The van der Waals surface area contributed by atoms with E-state index < -0.39 is 11.8 Å². The van der Waals surface area contributed by atoms with E-state index in [0.29, 0.717) is 17.3 Å². The lowest BCUT2D eigenvalue weighted by Gasteiger charge is -2.23. The number of halogens is 1. The van der Waals surface area contributed by atoms with E-state index in [-0.39, 0.29) is 0 Å². The third-order valence-corrected chi connectivity index (χ3v) is 4.01. The first-order chi connectivity index (χ1) is 10.6. The first kappa shape index (κ1) is 16.7. The number of aryl methyl sites for hydroxylation is 1. The topological polar surface area (TPSA) is 71.9 Å². The van der Waals surface area contributed by atoms with Gasteiger partial charge in [0.05, 0.1) is 26.3 Å². The summed E-state index contributed by atoms with van der Waals surface area (Å²) in [5, 5.41) is 5.72. The van der Waals surface area contributed by atoms with E-state index in [4.69, 9.17) is 16.3 Å². The summed E-state index contributed by atoms with van der Waals surface area (Å²) in [5.74, 6) is -1.32. The molecule has 0 saturated carbocycles. The summed E-state index contributed by atoms with van der Waals surface area (Å²) >= 11 is 5.98. The molecule has 0 spiro atoms. The Hall–Kier alpha value is -1.63. The highest BCUT2D eigenvalue weighted by atomic mass is 35.5. The van der Waals surface area contributed by atoms with E-state index in [1.54, 1.807) is 18.2 Å². The van der Waals surface area contributed by atoms with E-state index in [0.717, 1.165) is 38.4 Å². The zero-order chi connectivity index (χ0) is 15.9. The largest absolute Gasteiger partial charge is 0.370 e. The molecule has 0 radical (unpaired) electrons. The Morgan fingerprint density at radius 3 is 2.68 bits per heavy atom. The number of nitrogens with one attached hydrogen (secondary N) is 3. The smallest absolute Gasteiger partial charge is 0.313 e. The predicted octanol–water partition coefficient (Wildman–Crippen LogP) is -0.382. The lowest BCUT2D eigenvalue weighted by Crippen LogP contribution is -3.14. The van der Waals surface area contributed by atoms with Crippen LogP contribution >= 0.6 is 11.6 Å². The van der Waals surface area contributed by atoms with Gasteiger partial charge in [0.15, 0.2) is 0 Å². The van der Waals surface area contributed by atoms with Crippen molar-refractivity contribution in [3.05, 3.63) is 28.8 Å². The van der Waals surface area contributed by atoms with Crippen LogP contribution in [0, 0.1) is 6.92 Å². The molecule has 3 N–H and O–H groups in total. The maximum atomic E-state index is 11.8. The molecule has 0 aliphatic carbocycles. The number of morpholine rings is 1. The monoisotopic (exact) mass is 326 g/mol. The van der Waals surface area contributed by atoms with Crippen molar-refractivity contribution in [1.29, 1.82) is 0 Å². The Balaban J connectivity index is 1.74. The van der Waals surface area contributed by atoms with Crippen LogP contribution in [0.3, 0.4) is 0 Å². The van der Waals surface area contributed by atoms with Crippen LogP contribution in [0.15, 0.2) is 18.2 Å². The Morgan fingerprint density at radius 1 is 1.27 bits per heavy atom. The summed E-state index contributed by atoms with van der Waals surface area (Å²) in [5.41, 5.74) is 1.42. The maximum Gasteiger partial charge on any atom is 0.313 e. The van der Waals surface area contributed by atoms with Gasteiger partial charge in [0.25, 0.3) is 0 Å². The zero-order valence-electron chi connectivity index (χ0n) is 12.6. The molecule has 1 fully saturated rings. The normalized spacial score (nSPS) is 15.4. The van der Waals surface area contributed by atoms with Crippen LogP contribution in [0.1, 0.15) is 5.56 Å². The van der Waals surface area contributed by atoms with Crippen LogP contribution in [0.4, 0.5) is 5.69 Å². The minimum Gasteiger partial charge on any atom is -0.370 e. The van der Waals surface area contributed by atoms with Crippen LogP contribution in [0.5, 0.6) is 0 Å². The SMILES string of the molecule is Cc1ccc(NC(=O)C(=O)NCC[NH+]2CCOCC2)cc1Cl. The molecule has 0 bridgehead atoms. The van der Waals surface area contributed by atoms with Gasteiger partial charge in [-0.25, -0.2) is 0 Å². The van der Waals surface area contributed by atoms with Crippen LogP contribution in [0.25, 0.3) is 0 Å². The molecule has 120 valence electrons. The van der Waals surface area contributed by atoms with Crippen LogP contribution < -0.4 is 15.5 Å². The quantitative estimate of drug-likeness (QED) is 0.660. The van der Waals surface area contributed by atoms with Gasteiger partial charge < -0.3 is 20.3 Å². The van der Waals surface area contributed by atoms with Crippen molar-refractivity contribution in [2.45, 2.75) is 6.92 Å². The number of benzene rings is 1. The van der Waals surface area contributed by atoms with Gasteiger partial charge in [-0.1, -0.05) is 17.7 Å². The first-order valence-electron chi connectivity index (χ1n) is 7.33. The van der Waals surface area contributed by atoms with E-state index in [9.17, 15) is 9.59 Å². The number of hydrogen-bond acceptors (Lipinski definition) is 3. The number of ether oxygens (including phenoxy) is 1. The third kappa shape index (κ3) is 4.98. The summed E-state index contributed by atoms with van der Waals surface area (Å²) in [7, 11) is 0. The standard InChI is InChI=1S/C15H20ClN3O3/c1-11-2-3-12(10-13(11)16)18-15(21)14(20)17-4-5-19-6-8-22-9-7-19/h2-3,10H,4-9H2,1H3,(H,17,20)(H,18,21)/p+1. The first-order valence-corrected chi connectivity index (χ1v) is 7.70. The molecule has 0 unspecified atom stereocenters. The second-order valence-corrected chi connectivity index (χ2v) is 5.69. The van der Waals surface area contributed by atoms with Crippen LogP contribution in [-0.4, -0.2) is 51.2 Å². The van der Waals surface area contributed by atoms with Crippen molar-refractivity contribution >= 4 is 29.1 Å². The van der Waals surface area contributed by atoms with Gasteiger partial charge in [-0.05, 0) is 24.6 Å². The molecule has 0 aromatic heterocycles. The van der Waals surface area contributed by atoms with Crippen molar-refractivity contribution < 1.29 is 19.2 Å². The maximum absolute atomic E-state index is 11.8. The fourth-order valence-corrected chi connectivity index (χ4v) is 2.38. The lowest BCUT2D eigenvalue weighted by atomic mass is 10.2. The average molecular weight is 327 g/mol. The van der Waals surface area contributed by atoms with Gasteiger partial charge in [0, 0.05) is 10.7 Å². The summed E-state index contributed by atoms with van der Waals surface area (Å²) in [6.45, 7) is 6.49. The second-order valence-electron chi connectivity index (χ2n) is 5.29. The fourth-order valence-electron chi connectivity index (χ4n) is 2.20. The summed E-state index contributed by atoms with van der Waals surface area (Å²) < 4.78 is 5.27. The Morgan fingerprint density at radius 2 is 2.00 bits per heavy atom. The molecule has 6 nitrogen and oxygen atoms in total. The molecule has 1 heterocycles. The van der Waals surface area contributed by atoms with E-state index >= 15 is 0 Å². The second kappa shape index (κ2) is 8.12. The number of carbonyl (C=O) groups excluding carboxylic acids is 2. The molecule has 1 saturated heterocycles. The highest BCUT2D eigenvalue weighted by Gasteiger charge is 2.16. The Bertz CT molecular complexity index is 545. The summed E-state index contributed by atoms with van der Waals surface area (Å²) in [6, 6.07) is 5.13. The highest BCUT2D eigenvalue weighted by Crippen LogP contribution is 2.19. The molecule has 1 aliphatic rings. The predicted molar refractivity (Wildman–Crippen MR) is 84.2 cm³/mol. The van der Waals surface area contributed by atoms with E-state index in [1.807, 2.05) is 6.92 Å². The molecule has 22 heavy (non-hydrogen) atoms. The minimum absolute atomic E-state index is 0.468. The summed E-state index contributed by atoms with van der Waals surface area (Å²) in [6.07, 6.45) is 0. The van der Waals surface area contributed by atoms with Gasteiger partial charge in [0.2, 0.25) is 0 Å². The van der Waals surface area contributed by atoms with Crippen molar-refractivity contribution in [2.24, 2.45) is 0 Å².